The minimum atomic E-state index is -2.65. The van der Waals surface area contributed by atoms with Gasteiger partial charge in [-0.2, -0.15) is 0 Å². The van der Waals surface area contributed by atoms with Gasteiger partial charge in [-0.15, -0.1) is 0 Å². The Hall–Kier alpha value is -3.59. The molecule has 0 saturated carbocycles. The van der Waals surface area contributed by atoms with Gasteiger partial charge >= 0.3 is 0 Å². The van der Waals surface area contributed by atoms with Crippen LogP contribution in [-0.2, 0) is 12.0 Å². The second-order valence-corrected chi connectivity index (χ2v) is 8.59. The highest BCUT2D eigenvalue weighted by atomic mass is 19.3. The number of carbonyl (C=O) groups is 1. The third kappa shape index (κ3) is 6.54. The molecule has 0 fully saturated rings. The van der Waals surface area contributed by atoms with Gasteiger partial charge in [0, 0.05) is 11.1 Å². The van der Waals surface area contributed by atoms with Crippen molar-refractivity contribution in [2.75, 3.05) is 20.3 Å². The maximum Gasteiger partial charge on any atom is 0.272 e. The molecule has 0 bridgehead atoms. The van der Waals surface area contributed by atoms with Gasteiger partial charge in [-0.25, -0.2) is 18.2 Å². The number of carbonyl (C=O) groups excluding carboxylic acids is 1. The number of aliphatic hydroxyl groups is 1. The highest BCUT2D eigenvalue weighted by Crippen LogP contribution is 2.29. The average molecular weight is 503 g/mol. The molecule has 1 aromatic heterocycles. The third-order valence-electron chi connectivity index (χ3n) is 5.68. The van der Waals surface area contributed by atoms with Gasteiger partial charge in [-0.05, 0) is 79.9 Å². The van der Waals surface area contributed by atoms with E-state index in [1.807, 2.05) is 13.0 Å². The molecule has 2 aromatic carbocycles. The van der Waals surface area contributed by atoms with Crippen LogP contribution in [0.3, 0.4) is 0 Å². The number of alkyl halides is 2. The zero-order chi connectivity index (χ0) is 26.5. The summed E-state index contributed by atoms with van der Waals surface area (Å²) in [6.45, 7) is 4.23. The number of nitrogens with one attached hydrogen (secondary N) is 1. The predicted molar refractivity (Wildman–Crippen MR) is 130 cm³/mol. The Kier molecular flexibility index (Phi) is 8.57. The molecule has 1 unspecified atom stereocenters. The van der Waals surface area contributed by atoms with Crippen LogP contribution in [-0.4, -0.2) is 42.7 Å². The highest BCUT2D eigenvalue weighted by Gasteiger charge is 2.27. The fourth-order valence-corrected chi connectivity index (χ4v) is 3.54. The number of amides is 1. The molecule has 3 rings (SSSR count). The Labute approximate surface area is 208 Å². The molecule has 0 radical (unpaired) electrons. The molecule has 36 heavy (non-hydrogen) atoms. The quantitative estimate of drug-likeness (QED) is 0.406. The fourth-order valence-electron chi connectivity index (χ4n) is 3.54. The summed E-state index contributed by atoms with van der Waals surface area (Å²) in [5.41, 5.74) is 1.74. The molecule has 0 saturated heterocycles. The first-order valence-corrected chi connectivity index (χ1v) is 11.4. The molecule has 0 aliphatic heterocycles. The Balaban J connectivity index is 1.79. The summed E-state index contributed by atoms with van der Waals surface area (Å²) >= 11 is 0. The smallest absolute Gasteiger partial charge is 0.272 e. The lowest BCUT2D eigenvalue weighted by Crippen LogP contribution is -2.39. The number of aromatic nitrogens is 1. The number of hydrogen-bond acceptors (Lipinski definition) is 5. The molecular formula is C27H29F3N2O4. The van der Waals surface area contributed by atoms with E-state index in [0.29, 0.717) is 28.9 Å². The van der Waals surface area contributed by atoms with Crippen molar-refractivity contribution in [3.8, 4) is 22.8 Å². The molecule has 1 atom stereocenters. The van der Waals surface area contributed by atoms with Gasteiger partial charge in [0.15, 0.2) is 11.5 Å². The topological polar surface area (TPSA) is 80.7 Å². The number of nitrogens with zero attached hydrogens (tertiary/aromatic N) is 1. The van der Waals surface area contributed by atoms with Crippen LogP contribution >= 0.6 is 0 Å². The summed E-state index contributed by atoms with van der Waals surface area (Å²) in [5, 5.41) is 13.9. The molecule has 192 valence electrons. The first-order valence-electron chi connectivity index (χ1n) is 11.4. The highest BCUT2D eigenvalue weighted by molar-refractivity contribution is 5.95. The summed E-state index contributed by atoms with van der Waals surface area (Å²) in [4.78, 5) is 17.4. The maximum atomic E-state index is 13.7. The summed E-state index contributed by atoms with van der Waals surface area (Å²) < 4.78 is 48.8. The SMILES string of the molecule is CCc1cc(-c2ccc(F)c(C)c2)nc(C(C)(O)CNC(=O)c2ccc(OCC(F)F)c(OC)c2)c1. The van der Waals surface area contributed by atoms with Crippen LogP contribution in [0.5, 0.6) is 11.5 Å². The summed E-state index contributed by atoms with van der Waals surface area (Å²) in [5.74, 6) is -0.599. The van der Waals surface area contributed by atoms with E-state index >= 15 is 0 Å². The van der Waals surface area contributed by atoms with Crippen molar-refractivity contribution in [2.24, 2.45) is 0 Å². The lowest BCUT2D eigenvalue weighted by atomic mass is 9.97. The summed E-state index contributed by atoms with van der Waals surface area (Å²) in [6, 6.07) is 12.5. The zero-order valence-electron chi connectivity index (χ0n) is 20.6. The first-order chi connectivity index (χ1) is 17.0. The van der Waals surface area contributed by atoms with E-state index in [1.165, 1.54) is 38.3 Å². The number of benzene rings is 2. The number of halogens is 3. The standard InChI is InChI=1S/C27H29F3N2O4/c1-5-17-11-21(18-6-8-20(28)16(2)10-18)32-24(12-17)27(3,34)15-31-26(33)19-7-9-22(23(13-19)35-4)36-14-25(29)30/h6-13,25,34H,5,14-15H2,1-4H3,(H,31,33). The maximum absolute atomic E-state index is 13.7. The van der Waals surface area contributed by atoms with Gasteiger partial charge in [0.25, 0.3) is 12.3 Å². The van der Waals surface area contributed by atoms with Gasteiger partial charge in [0.1, 0.15) is 18.0 Å². The van der Waals surface area contributed by atoms with E-state index in [1.54, 1.807) is 25.1 Å². The third-order valence-corrected chi connectivity index (χ3v) is 5.68. The molecule has 2 N–H and O–H groups in total. The number of ether oxygens (including phenoxy) is 2. The molecular weight excluding hydrogens is 473 g/mol. The van der Waals surface area contributed by atoms with Gasteiger partial charge in [0.2, 0.25) is 0 Å². The van der Waals surface area contributed by atoms with Crippen LogP contribution in [0, 0.1) is 12.7 Å². The Morgan fingerprint density at radius 2 is 1.89 bits per heavy atom. The van der Waals surface area contributed by atoms with Crippen molar-refractivity contribution in [2.45, 2.75) is 39.2 Å². The molecule has 9 heteroatoms. The van der Waals surface area contributed by atoms with Crippen molar-refractivity contribution < 1.29 is 32.5 Å². The number of rotatable bonds is 10. The van der Waals surface area contributed by atoms with Gasteiger partial charge < -0.3 is 19.9 Å². The van der Waals surface area contributed by atoms with Crippen molar-refractivity contribution in [1.82, 2.24) is 10.3 Å². The largest absolute Gasteiger partial charge is 0.493 e. The molecule has 0 aliphatic rings. The zero-order valence-corrected chi connectivity index (χ0v) is 20.6. The van der Waals surface area contributed by atoms with E-state index in [0.717, 1.165) is 5.56 Å². The Morgan fingerprint density at radius 3 is 2.53 bits per heavy atom. The molecule has 6 nitrogen and oxygen atoms in total. The molecule has 3 aromatic rings. The predicted octanol–water partition coefficient (Wildman–Crippen LogP) is 5.05. The lowest BCUT2D eigenvalue weighted by Gasteiger charge is -2.25. The van der Waals surface area contributed by atoms with E-state index in [2.05, 4.69) is 10.3 Å². The number of pyridine rings is 1. The van der Waals surface area contributed by atoms with Crippen LogP contribution < -0.4 is 14.8 Å². The fraction of sp³-hybridized carbons (Fsp3) is 0.333. The van der Waals surface area contributed by atoms with Crippen LogP contribution in [0.2, 0.25) is 0 Å². The number of hydrogen-bond donors (Lipinski definition) is 2. The van der Waals surface area contributed by atoms with Crippen LogP contribution in [0.4, 0.5) is 13.2 Å². The molecule has 0 spiro atoms. The van der Waals surface area contributed by atoms with Gasteiger partial charge in [-0.3, -0.25) is 4.79 Å². The lowest BCUT2D eigenvalue weighted by molar-refractivity contribution is 0.0489. The summed E-state index contributed by atoms with van der Waals surface area (Å²) in [6.07, 6.45) is -1.96. The minimum Gasteiger partial charge on any atom is -0.493 e. The van der Waals surface area contributed by atoms with Crippen molar-refractivity contribution >= 4 is 5.91 Å². The Morgan fingerprint density at radius 1 is 1.14 bits per heavy atom. The van der Waals surface area contributed by atoms with E-state index in [-0.39, 0.29) is 29.4 Å². The van der Waals surface area contributed by atoms with E-state index < -0.39 is 24.5 Å². The number of aryl methyl sites for hydroxylation is 2. The van der Waals surface area contributed by atoms with Crippen molar-refractivity contribution in [3.05, 3.63) is 76.7 Å². The normalized spacial score (nSPS) is 12.8. The Bertz CT molecular complexity index is 1230. The number of methoxy groups -OCH3 is 1. The van der Waals surface area contributed by atoms with Gasteiger partial charge in [-0.1, -0.05) is 6.92 Å². The molecule has 1 heterocycles. The van der Waals surface area contributed by atoms with Crippen molar-refractivity contribution in [3.63, 3.8) is 0 Å². The molecule has 0 aliphatic carbocycles. The van der Waals surface area contributed by atoms with Crippen molar-refractivity contribution in [1.29, 1.82) is 0 Å². The first kappa shape index (κ1) is 27.0. The second-order valence-electron chi connectivity index (χ2n) is 8.59. The van der Waals surface area contributed by atoms with Crippen LogP contribution in [0.25, 0.3) is 11.3 Å². The van der Waals surface area contributed by atoms with Gasteiger partial charge in [0.05, 0.1) is 25.0 Å². The molecule has 1 amide bonds. The summed E-state index contributed by atoms with van der Waals surface area (Å²) in [7, 11) is 1.34. The second kappa shape index (κ2) is 11.4. The van der Waals surface area contributed by atoms with Crippen LogP contribution in [0.15, 0.2) is 48.5 Å². The minimum absolute atomic E-state index is 0.0884. The van der Waals surface area contributed by atoms with E-state index in [9.17, 15) is 23.1 Å². The average Bonchev–Trinajstić information content (AvgIpc) is 2.87. The monoisotopic (exact) mass is 502 g/mol. The van der Waals surface area contributed by atoms with E-state index in [4.69, 9.17) is 9.47 Å². The van der Waals surface area contributed by atoms with Crippen LogP contribution in [0.1, 0.15) is 41.0 Å².